The summed E-state index contributed by atoms with van der Waals surface area (Å²) in [7, 11) is 0. The molecule has 0 aliphatic carbocycles. The monoisotopic (exact) mass is 930 g/mol. The Hall–Kier alpha value is -5.30. The van der Waals surface area contributed by atoms with Gasteiger partial charge in [0.25, 0.3) is 0 Å². The molecule has 0 bridgehead atoms. The number of carbonyl (C=O) groups excluding carboxylic acids is 6. The number of carboxylic acid groups (broad SMARTS) is 1. The number of carboxylic acids is 1. The minimum atomic E-state index is -1.76. The van der Waals surface area contributed by atoms with E-state index in [2.05, 4.69) is 31.6 Å². The quantitative estimate of drug-likeness (QED) is 0.0250. The molecule has 1 aromatic carbocycles. The lowest BCUT2D eigenvalue weighted by molar-refractivity contribution is -0.158. The van der Waals surface area contributed by atoms with Gasteiger partial charge in [0.05, 0.1) is 18.9 Å². The molecule has 372 valence electrons. The van der Waals surface area contributed by atoms with Crippen LogP contribution in [-0.2, 0) is 44.7 Å². The van der Waals surface area contributed by atoms with Crippen molar-refractivity contribution in [2.45, 2.75) is 192 Å². The SMILES string of the molecule is CCC(C)C1NC(=O)C(Cc2ccccc2)NC(=O)C(NC(=O)CC(O)CCCCCCCCCCCCCCCCN=C(N)N)C(C)OC(=O)C(CC(=O)O)NC(=O)C(CCN)NC1=O. The number of unbranched alkanes of at least 4 members (excludes halogenated alkanes) is 13. The predicted molar refractivity (Wildman–Crippen MR) is 251 cm³/mol. The summed E-state index contributed by atoms with van der Waals surface area (Å²) in [5.74, 6) is -7.07. The summed E-state index contributed by atoms with van der Waals surface area (Å²) in [5, 5.41) is 33.3. The Bertz CT molecular complexity index is 1680. The standard InChI is InChI=1S/C47H79N9O10/c1-4-31(2)40-44(63)52-35(25-26-48)42(61)54-37(30-39(59)60)46(65)66-32(3)41(45(64)53-36(43(62)56-40)28-33-22-18-17-19-23-33)55-38(58)29-34(57)24-20-15-13-11-9-7-5-6-8-10-12-14-16-21-27-51-47(49)50/h17-19,22-23,31-32,34-37,40-41,57H,4-16,20-21,24-30,48H2,1-3H3,(H,52,63)(H,53,64)(H,54,61)(H,55,58)(H,56,62)(H,59,60)(H4,49,50,51). The Morgan fingerprint density at radius 1 is 0.758 bits per heavy atom. The molecule has 13 N–H and O–H groups in total. The second kappa shape index (κ2) is 32.4. The van der Waals surface area contributed by atoms with Gasteiger partial charge in [0.15, 0.2) is 5.96 Å². The first-order valence-electron chi connectivity index (χ1n) is 24.0. The Balaban J connectivity index is 2.12. The molecule has 1 fully saturated rings. The number of aliphatic carboxylic acids is 1. The third-order valence-corrected chi connectivity index (χ3v) is 11.8. The van der Waals surface area contributed by atoms with Crippen molar-refractivity contribution in [2.75, 3.05) is 13.1 Å². The van der Waals surface area contributed by atoms with Crippen molar-refractivity contribution in [1.29, 1.82) is 0 Å². The number of aliphatic imine (C=N–C) groups is 1. The third kappa shape index (κ3) is 23.2. The van der Waals surface area contributed by atoms with Gasteiger partial charge in [-0.1, -0.05) is 134 Å². The van der Waals surface area contributed by atoms with E-state index in [1.807, 2.05) is 0 Å². The first-order chi connectivity index (χ1) is 31.6. The van der Waals surface area contributed by atoms with Crippen LogP contribution in [0, 0.1) is 5.92 Å². The largest absolute Gasteiger partial charge is 0.481 e. The van der Waals surface area contributed by atoms with Crippen LogP contribution in [0.15, 0.2) is 35.3 Å². The number of hydrogen-bond donors (Lipinski definition) is 10. The average Bonchev–Trinajstić information content (AvgIpc) is 3.26. The number of hydrogen-bond acceptors (Lipinski definition) is 11. The maximum absolute atomic E-state index is 14.2. The number of esters is 1. The summed E-state index contributed by atoms with van der Waals surface area (Å²) in [4.78, 5) is 98.4. The highest BCUT2D eigenvalue weighted by Crippen LogP contribution is 2.16. The fourth-order valence-electron chi connectivity index (χ4n) is 7.71. The van der Waals surface area contributed by atoms with Gasteiger partial charge in [-0.3, -0.25) is 33.8 Å². The molecule has 0 radical (unpaired) electrons. The van der Waals surface area contributed by atoms with Crippen LogP contribution in [0.2, 0.25) is 0 Å². The van der Waals surface area contributed by atoms with Gasteiger partial charge in [0.1, 0.15) is 36.3 Å². The molecule has 1 heterocycles. The molecule has 2 rings (SSSR count). The van der Waals surface area contributed by atoms with Gasteiger partial charge >= 0.3 is 11.9 Å². The summed E-state index contributed by atoms with van der Waals surface area (Å²) in [6.45, 7) is 5.45. The molecule has 1 aliphatic heterocycles. The first kappa shape index (κ1) is 56.8. The van der Waals surface area contributed by atoms with Crippen LogP contribution in [0.1, 0.15) is 148 Å². The summed E-state index contributed by atoms with van der Waals surface area (Å²) in [6, 6.07) is 1.55. The van der Waals surface area contributed by atoms with E-state index in [9.17, 15) is 43.8 Å². The second-order valence-electron chi connectivity index (χ2n) is 17.5. The van der Waals surface area contributed by atoms with E-state index >= 15 is 0 Å². The second-order valence-corrected chi connectivity index (χ2v) is 17.5. The van der Waals surface area contributed by atoms with Gasteiger partial charge < -0.3 is 58.7 Å². The zero-order valence-corrected chi connectivity index (χ0v) is 39.4. The van der Waals surface area contributed by atoms with Crippen molar-refractivity contribution in [1.82, 2.24) is 26.6 Å². The lowest BCUT2D eigenvalue weighted by Crippen LogP contribution is -2.62. The third-order valence-electron chi connectivity index (χ3n) is 11.8. The number of aliphatic hydroxyl groups excluding tert-OH is 1. The van der Waals surface area contributed by atoms with Gasteiger partial charge in [-0.25, -0.2) is 4.79 Å². The first-order valence-corrected chi connectivity index (χ1v) is 24.0. The van der Waals surface area contributed by atoms with E-state index in [-0.39, 0.29) is 31.8 Å². The van der Waals surface area contributed by atoms with E-state index in [4.69, 9.17) is 21.9 Å². The number of guanidine groups is 1. The number of ether oxygens (including phenoxy) is 1. The number of nitrogens with zero attached hydrogens (tertiary/aromatic N) is 1. The van der Waals surface area contributed by atoms with Crippen molar-refractivity contribution in [3.05, 3.63) is 35.9 Å². The number of rotatable bonds is 28. The minimum absolute atomic E-state index is 0.0369. The van der Waals surface area contributed by atoms with E-state index in [1.165, 1.54) is 51.9 Å². The van der Waals surface area contributed by atoms with Crippen LogP contribution >= 0.6 is 0 Å². The van der Waals surface area contributed by atoms with Crippen molar-refractivity contribution >= 4 is 47.4 Å². The van der Waals surface area contributed by atoms with Crippen LogP contribution in [0.4, 0.5) is 0 Å². The van der Waals surface area contributed by atoms with Gasteiger partial charge in [-0.2, -0.15) is 0 Å². The molecule has 8 atom stereocenters. The molecule has 5 amide bonds. The zero-order valence-electron chi connectivity index (χ0n) is 39.4. The Morgan fingerprint density at radius 3 is 1.83 bits per heavy atom. The maximum atomic E-state index is 14.2. The molecular formula is C47H79N9O10. The summed E-state index contributed by atoms with van der Waals surface area (Å²) >= 11 is 0. The van der Waals surface area contributed by atoms with Gasteiger partial charge in [-0.05, 0) is 44.2 Å². The highest BCUT2D eigenvalue weighted by atomic mass is 16.5. The Morgan fingerprint density at radius 2 is 1.29 bits per heavy atom. The lowest BCUT2D eigenvalue weighted by Gasteiger charge is -2.31. The lowest BCUT2D eigenvalue weighted by atomic mass is 9.96. The van der Waals surface area contributed by atoms with Crippen molar-refractivity contribution in [3.63, 3.8) is 0 Å². The normalized spacial score (nSPS) is 21.9. The summed E-state index contributed by atoms with van der Waals surface area (Å²) in [5.41, 5.74) is 17.1. The molecule has 19 nitrogen and oxygen atoms in total. The smallest absolute Gasteiger partial charge is 0.329 e. The van der Waals surface area contributed by atoms with E-state index in [1.54, 1.807) is 44.2 Å². The topological polar surface area (TPSA) is 320 Å². The van der Waals surface area contributed by atoms with Crippen LogP contribution in [0.3, 0.4) is 0 Å². The molecule has 0 aromatic heterocycles. The molecule has 19 heteroatoms. The molecular weight excluding hydrogens is 851 g/mol. The fourth-order valence-corrected chi connectivity index (χ4v) is 7.71. The number of nitrogens with two attached hydrogens (primary N) is 3. The molecule has 66 heavy (non-hydrogen) atoms. The number of nitrogens with one attached hydrogen (secondary N) is 5. The zero-order chi connectivity index (χ0) is 48.9. The fraction of sp³-hybridized carbons (Fsp3) is 0.702. The molecule has 1 aromatic rings. The number of benzene rings is 1. The molecule has 0 saturated carbocycles. The van der Waals surface area contributed by atoms with Gasteiger partial charge in [-0.15, -0.1) is 0 Å². The number of cyclic esters (lactones) is 1. The maximum Gasteiger partial charge on any atom is 0.329 e. The van der Waals surface area contributed by atoms with Crippen molar-refractivity contribution in [3.8, 4) is 0 Å². The number of carbonyl (C=O) groups is 7. The van der Waals surface area contributed by atoms with E-state index < -0.39 is 96.2 Å². The average molecular weight is 930 g/mol. The highest BCUT2D eigenvalue weighted by Gasteiger charge is 2.38. The summed E-state index contributed by atoms with van der Waals surface area (Å²) in [6.07, 6.45) is 12.3. The Labute approximate surface area is 390 Å². The number of aliphatic hydroxyl groups is 1. The molecule has 8 unspecified atom stereocenters. The van der Waals surface area contributed by atoms with Crippen LogP contribution in [-0.4, -0.2) is 113 Å². The van der Waals surface area contributed by atoms with Crippen molar-refractivity contribution < 1.29 is 48.5 Å². The van der Waals surface area contributed by atoms with Crippen molar-refractivity contribution in [2.24, 2.45) is 28.1 Å². The minimum Gasteiger partial charge on any atom is -0.481 e. The molecule has 1 saturated heterocycles. The molecule has 1 aliphatic rings. The van der Waals surface area contributed by atoms with E-state index in [0.717, 1.165) is 38.5 Å². The van der Waals surface area contributed by atoms with Gasteiger partial charge in [0, 0.05) is 13.0 Å². The van der Waals surface area contributed by atoms with Crippen LogP contribution < -0.4 is 43.8 Å². The number of amides is 5. The van der Waals surface area contributed by atoms with Crippen LogP contribution in [0.25, 0.3) is 0 Å². The van der Waals surface area contributed by atoms with Crippen LogP contribution in [0.5, 0.6) is 0 Å². The van der Waals surface area contributed by atoms with E-state index in [0.29, 0.717) is 31.4 Å². The highest BCUT2D eigenvalue weighted by molar-refractivity contribution is 5.97. The predicted octanol–water partition coefficient (Wildman–Crippen LogP) is 2.34. The Kier molecular flexibility index (Phi) is 27.9. The summed E-state index contributed by atoms with van der Waals surface area (Å²) < 4.78 is 5.55. The molecule has 0 spiro atoms. The van der Waals surface area contributed by atoms with Gasteiger partial charge in [0.2, 0.25) is 29.5 Å².